The van der Waals surface area contributed by atoms with E-state index in [1.165, 1.54) is 0 Å². The predicted molar refractivity (Wildman–Crippen MR) is 131 cm³/mol. The number of benzene rings is 3. The summed E-state index contributed by atoms with van der Waals surface area (Å²) in [7, 11) is 4.86. The third-order valence-electron chi connectivity index (χ3n) is 6.26. The summed E-state index contributed by atoms with van der Waals surface area (Å²) in [5, 5.41) is 4.02. The van der Waals surface area contributed by atoms with Gasteiger partial charge in [0.2, 0.25) is 0 Å². The van der Waals surface area contributed by atoms with Crippen molar-refractivity contribution in [3.8, 4) is 17.2 Å². The highest BCUT2D eigenvalue weighted by Gasteiger charge is 2.35. The van der Waals surface area contributed by atoms with E-state index >= 15 is 0 Å². The molecule has 0 spiro atoms. The Bertz CT molecular complexity index is 1260. The maximum absolute atomic E-state index is 13.1. The van der Waals surface area contributed by atoms with Gasteiger partial charge >= 0.3 is 6.09 Å². The second kappa shape index (κ2) is 9.05. The quantitative estimate of drug-likeness (QED) is 0.378. The molecule has 0 aromatic heterocycles. The molecule has 7 nitrogen and oxygen atoms in total. The Hall–Kier alpha value is -3.48. The van der Waals surface area contributed by atoms with Gasteiger partial charge in [-0.3, -0.25) is 0 Å². The van der Waals surface area contributed by atoms with Crippen LogP contribution in [0, 0.1) is 0 Å². The van der Waals surface area contributed by atoms with Crippen LogP contribution in [-0.2, 0) is 22.5 Å². The van der Waals surface area contributed by atoms with E-state index in [1.807, 2.05) is 51.1 Å². The van der Waals surface area contributed by atoms with Crippen molar-refractivity contribution in [2.75, 3.05) is 21.3 Å². The van der Waals surface area contributed by atoms with Gasteiger partial charge < -0.3 is 28.6 Å². The minimum atomic E-state index is -0.633. The van der Waals surface area contributed by atoms with E-state index in [0.717, 1.165) is 44.7 Å². The molecule has 1 atom stereocenters. The average Bonchev–Trinajstić information content (AvgIpc) is 2.81. The van der Waals surface area contributed by atoms with Gasteiger partial charge in [0.05, 0.1) is 27.9 Å². The Kier molecular flexibility index (Phi) is 6.30. The fraction of sp³-hybridized carbons (Fsp3) is 0.407. The normalized spacial score (nSPS) is 15.7. The number of ether oxygens (including phenoxy) is 4. The summed E-state index contributed by atoms with van der Waals surface area (Å²) >= 11 is 0. The number of methoxy groups -OCH3 is 3. The molecule has 0 radical (unpaired) electrons. The molecular weight excluding hydrogens is 434 g/mol. The molecule has 0 bridgehead atoms. The third-order valence-corrected chi connectivity index (χ3v) is 6.26. The third kappa shape index (κ3) is 4.22. The zero-order chi connectivity index (χ0) is 24.6. The highest BCUT2D eigenvalue weighted by molar-refractivity contribution is 6.12. The Labute approximate surface area is 199 Å². The van der Waals surface area contributed by atoms with Crippen molar-refractivity contribution < 1.29 is 28.5 Å². The van der Waals surface area contributed by atoms with Crippen LogP contribution in [-0.4, -0.2) is 50.3 Å². The Morgan fingerprint density at radius 3 is 2.18 bits per heavy atom. The Balaban J connectivity index is 1.99. The summed E-state index contributed by atoms with van der Waals surface area (Å²) in [5.41, 5.74) is 1.50. The fourth-order valence-electron chi connectivity index (χ4n) is 4.73. The molecular formula is C27H31NO6. The van der Waals surface area contributed by atoms with Crippen LogP contribution in [0.2, 0.25) is 0 Å². The van der Waals surface area contributed by atoms with Crippen molar-refractivity contribution in [3.05, 3.63) is 41.5 Å². The molecule has 1 aliphatic rings. The zero-order valence-electron chi connectivity index (χ0n) is 20.6. The van der Waals surface area contributed by atoms with E-state index < -0.39 is 11.7 Å². The van der Waals surface area contributed by atoms with Crippen molar-refractivity contribution in [1.82, 2.24) is 4.90 Å². The van der Waals surface area contributed by atoms with Gasteiger partial charge in [-0.1, -0.05) is 6.07 Å². The summed E-state index contributed by atoms with van der Waals surface area (Å²) in [6.07, 6.45) is 1.21. The van der Waals surface area contributed by atoms with Crippen molar-refractivity contribution in [2.24, 2.45) is 0 Å². The van der Waals surface area contributed by atoms with Crippen molar-refractivity contribution in [2.45, 2.75) is 51.8 Å². The van der Waals surface area contributed by atoms with Crippen molar-refractivity contribution >= 4 is 33.9 Å². The number of carbonyl (C=O) groups is 2. The molecule has 0 unspecified atom stereocenters. The lowest BCUT2D eigenvalue weighted by Crippen LogP contribution is -2.46. The van der Waals surface area contributed by atoms with Gasteiger partial charge in [-0.15, -0.1) is 0 Å². The lowest BCUT2D eigenvalue weighted by atomic mass is 9.84. The van der Waals surface area contributed by atoms with Gasteiger partial charge in [-0.25, -0.2) is 4.79 Å². The number of amides is 1. The number of carbonyl (C=O) groups excluding carboxylic acids is 2. The first-order valence-corrected chi connectivity index (χ1v) is 11.3. The molecule has 34 heavy (non-hydrogen) atoms. The molecule has 0 aliphatic carbocycles. The van der Waals surface area contributed by atoms with Crippen molar-refractivity contribution in [3.63, 3.8) is 0 Å². The van der Waals surface area contributed by atoms with Crippen molar-refractivity contribution in [1.29, 1.82) is 0 Å². The minimum absolute atomic E-state index is 0.230. The monoisotopic (exact) mass is 465 g/mol. The highest BCUT2D eigenvalue weighted by atomic mass is 16.6. The van der Waals surface area contributed by atoms with Gasteiger partial charge in [0.15, 0.2) is 11.5 Å². The van der Waals surface area contributed by atoms with Gasteiger partial charge in [0, 0.05) is 12.5 Å². The predicted octanol–water partition coefficient (Wildman–Crippen LogP) is 5.27. The molecule has 0 saturated heterocycles. The second-order valence-corrected chi connectivity index (χ2v) is 9.49. The lowest BCUT2D eigenvalue weighted by Gasteiger charge is -2.38. The molecule has 3 aromatic carbocycles. The number of hydrogen-bond acceptors (Lipinski definition) is 6. The number of nitrogens with zero attached hydrogens (tertiary/aromatic N) is 1. The fourth-order valence-corrected chi connectivity index (χ4v) is 4.73. The molecule has 1 heterocycles. The first-order chi connectivity index (χ1) is 16.2. The summed E-state index contributed by atoms with van der Waals surface area (Å²) in [4.78, 5) is 26.3. The topological polar surface area (TPSA) is 74.3 Å². The molecule has 1 aliphatic heterocycles. The van der Waals surface area contributed by atoms with Crippen LogP contribution in [0.25, 0.3) is 21.5 Å². The highest BCUT2D eigenvalue weighted by Crippen LogP contribution is 2.43. The van der Waals surface area contributed by atoms with E-state index in [1.54, 1.807) is 26.2 Å². The van der Waals surface area contributed by atoms with Crippen LogP contribution in [0.1, 0.15) is 38.3 Å². The van der Waals surface area contributed by atoms with Crippen LogP contribution >= 0.6 is 0 Å². The van der Waals surface area contributed by atoms with Crippen LogP contribution in [0.5, 0.6) is 17.2 Å². The van der Waals surface area contributed by atoms with E-state index in [4.69, 9.17) is 18.9 Å². The second-order valence-electron chi connectivity index (χ2n) is 9.49. The molecule has 4 rings (SSSR count). The molecule has 180 valence electrons. The molecule has 0 N–H and O–H groups in total. The van der Waals surface area contributed by atoms with Crippen LogP contribution in [0.3, 0.4) is 0 Å². The average molecular weight is 466 g/mol. The molecule has 1 amide bonds. The maximum Gasteiger partial charge on any atom is 0.410 e. The lowest BCUT2D eigenvalue weighted by molar-refractivity contribution is -0.109. The molecule has 0 saturated carbocycles. The zero-order valence-corrected chi connectivity index (χ0v) is 20.6. The van der Waals surface area contributed by atoms with E-state index in [0.29, 0.717) is 24.5 Å². The Morgan fingerprint density at radius 2 is 1.59 bits per heavy atom. The van der Waals surface area contributed by atoms with E-state index in [2.05, 4.69) is 0 Å². The number of fused-ring (bicyclic) bond motifs is 6. The van der Waals surface area contributed by atoms with E-state index in [9.17, 15) is 9.59 Å². The van der Waals surface area contributed by atoms with Gasteiger partial charge in [0.25, 0.3) is 0 Å². The number of rotatable bonds is 5. The smallest absolute Gasteiger partial charge is 0.410 e. The van der Waals surface area contributed by atoms with Crippen LogP contribution in [0.15, 0.2) is 30.3 Å². The largest absolute Gasteiger partial charge is 0.497 e. The van der Waals surface area contributed by atoms with Gasteiger partial charge in [-0.2, -0.15) is 0 Å². The van der Waals surface area contributed by atoms with Crippen LogP contribution < -0.4 is 14.2 Å². The minimum Gasteiger partial charge on any atom is -0.497 e. The van der Waals surface area contributed by atoms with Crippen LogP contribution in [0.4, 0.5) is 4.79 Å². The number of hydrogen-bond donors (Lipinski definition) is 0. The maximum atomic E-state index is 13.1. The summed E-state index contributed by atoms with van der Waals surface area (Å²) < 4.78 is 22.4. The van der Waals surface area contributed by atoms with E-state index in [-0.39, 0.29) is 12.5 Å². The van der Waals surface area contributed by atoms with Gasteiger partial charge in [0.1, 0.15) is 17.6 Å². The first kappa shape index (κ1) is 23.7. The summed E-state index contributed by atoms with van der Waals surface area (Å²) in [5.74, 6) is 2.00. The summed E-state index contributed by atoms with van der Waals surface area (Å²) in [6.45, 7) is 5.86. The molecule has 0 fully saturated rings. The SMILES string of the molecule is COc1ccc2c3c(c4cc(OC)c(OC)cc4c2c1)C[C@H](CC=O)N(C(=O)OC(C)(C)C)C3. The van der Waals surface area contributed by atoms with Gasteiger partial charge in [-0.05, 0) is 84.1 Å². The summed E-state index contributed by atoms with van der Waals surface area (Å²) in [6, 6.07) is 9.60. The molecule has 7 heteroatoms. The Morgan fingerprint density at radius 1 is 0.941 bits per heavy atom. The standard InChI is InChI=1S/C27H31NO6/c1-27(2,3)34-26(30)28-15-23-18-8-7-17(31-4)12-20(18)22-14-25(33-6)24(32-5)13-21(22)19(23)11-16(28)9-10-29/h7-8,10,12-14,16H,9,11,15H2,1-6H3/t16-/m0/s1. The molecule has 3 aromatic rings. The number of aldehydes is 1. The first-order valence-electron chi connectivity index (χ1n) is 11.3.